The van der Waals surface area contributed by atoms with Crippen LogP contribution in [0.1, 0.15) is 65.9 Å². The predicted octanol–water partition coefficient (Wildman–Crippen LogP) is 6.09. The molecule has 0 aliphatic heterocycles. The Morgan fingerprint density at radius 1 is 1.09 bits per heavy atom. The van der Waals surface area contributed by atoms with Gasteiger partial charge in [0.15, 0.2) is 0 Å². The van der Waals surface area contributed by atoms with E-state index in [1.54, 1.807) is 6.07 Å². The second-order valence-corrected chi connectivity index (χ2v) is 9.91. The largest absolute Gasteiger partial charge is 0.506 e. The van der Waals surface area contributed by atoms with Crippen molar-refractivity contribution >= 4 is 17.0 Å². The van der Waals surface area contributed by atoms with E-state index in [1.165, 1.54) is 4.80 Å². The Labute approximate surface area is 197 Å². The highest BCUT2D eigenvalue weighted by molar-refractivity contribution is 5.73. The first-order valence-electron chi connectivity index (χ1n) is 12.0. The topological polar surface area (TPSA) is 77.2 Å². The number of carbonyl (C=O) groups is 1. The summed E-state index contributed by atoms with van der Waals surface area (Å²) in [4.78, 5) is 13.9. The van der Waals surface area contributed by atoms with E-state index < -0.39 is 0 Å². The van der Waals surface area contributed by atoms with Gasteiger partial charge in [-0.1, -0.05) is 59.2 Å². The lowest BCUT2D eigenvalue weighted by Crippen LogP contribution is -2.31. The molecule has 0 saturated heterocycles. The fourth-order valence-electron chi connectivity index (χ4n) is 4.58. The Hall–Kier alpha value is -2.89. The molecule has 1 heterocycles. The van der Waals surface area contributed by atoms with Gasteiger partial charge < -0.3 is 9.84 Å². The Morgan fingerprint density at radius 3 is 2.33 bits per heavy atom. The van der Waals surface area contributed by atoms with Crippen molar-refractivity contribution in [2.45, 2.75) is 66.7 Å². The number of ether oxygens (including phenoxy) is 1. The standard InChI is InChI=1S/C27H37N3O3/c1-6-10-21(27(3,4)5)20(7-2)18-33-26(32)16-14-19-13-15-25(31)24(17-19)30-28-22-11-8-9-12-23(22)29-30/h8-9,11-13,15,17,20-21,31H,6-7,10,14,16,18H2,1-5H3. The molecule has 0 saturated carbocycles. The SMILES string of the molecule is CCCC(C(CC)COC(=O)CCc1ccc(O)c(-n2nc3ccccc3n2)c1)C(C)(C)C. The average molecular weight is 452 g/mol. The van der Waals surface area contributed by atoms with Gasteiger partial charge in [0, 0.05) is 6.42 Å². The minimum absolute atomic E-state index is 0.0940. The van der Waals surface area contributed by atoms with Crippen LogP contribution in [-0.2, 0) is 16.0 Å². The quantitative estimate of drug-likeness (QED) is 0.377. The molecule has 3 aromatic rings. The highest BCUT2D eigenvalue weighted by atomic mass is 16.5. The Kier molecular flexibility index (Phi) is 8.11. The molecule has 0 amide bonds. The number of hydrogen-bond acceptors (Lipinski definition) is 5. The van der Waals surface area contributed by atoms with E-state index in [0.717, 1.165) is 35.9 Å². The third kappa shape index (κ3) is 6.34. The van der Waals surface area contributed by atoms with Crippen molar-refractivity contribution in [2.24, 2.45) is 17.3 Å². The molecule has 2 unspecified atom stereocenters. The molecular weight excluding hydrogens is 414 g/mol. The Bertz CT molecular complexity index is 1030. The van der Waals surface area contributed by atoms with Gasteiger partial charge in [0.2, 0.25) is 0 Å². The van der Waals surface area contributed by atoms with Crippen LogP contribution >= 0.6 is 0 Å². The van der Waals surface area contributed by atoms with Gasteiger partial charge in [-0.2, -0.15) is 0 Å². The summed E-state index contributed by atoms with van der Waals surface area (Å²) in [6.07, 6.45) is 4.11. The van der Waals surface area contributed by atoms with Crippen LogP contribution in [0.3, 0.4) is 0 Å². The average Bonchev–Trinajstić information content (AvgIpc) is 3.21. The number of phenolic OH excluding ortho intramolecular Hbond substituents is 1. The van der Waals surface area contributed by atoms with Crippen molar-refractivity contribution in [3.8, 4) is 11.4 Å². The van der Waals surface area contributed by atoms with Gasteiger partial charge in [-0.05, 0) is 66.3 Å². The molecule has 0 radical (unpaired) electrons. The van der Waals surface area contributed by atoms with Crippen LogP contribution in [0, 0.1) is 17.3 Å². The number of nitrogens with zero attached hydrogens (tertiary/aromatic N) is 3. The molecule has 3 rings (SSSR count). The molecule has 1 N–H and O–H groups in total. The second-order valence-electron chi connectivity index (χ2n) is 9.91. The smallest absolute Gasteiger partial charge is 0.306 e. The summed E-state index contributed by atoms with van der Waals surface area (Å²) < 4.78 is 5.70. The highest BCUT2D eigenvalue weighted by Crippen LogP contribution is 2.37. The number of rotatable bonds is 10. The molecule has 33 heavy (non-hydrogen) atoms. The maximum absolute atomic E-state index is 12.5. The third-order valence-electron chi connectivity index (χ3n) is 6.42. The number of aromatic hydroxyl groups is 1. The molecule has 6 heteroatoms. The number of aromatic nitrogens is 3. The maximum atomic E-state index is 12.5. The lowest BCUT2D eigenvalue weighted by Gasteiger charge is -2.36. The molecule has 2 atom stereocenters. The summed E-state index contributed by atoms with van der Waals surface area (Å²) in [7, 11) is 0. The Morgan fingerprint density at radius 2 is 1.76 bits per heavy atom. The van der Waals surface area contributed by atoms with Gasteiger partial charge in [-0.25, -0.2) is 0 Å². The Balaban J connectivity index is 1.61. The molecule has 6 nitrogen and oxygen atoms in total. The molecule has 0 aliphatic rings. The van der Waals surface area contributed by atoms with Gasteiger partial charge in [0.05, 0.1) is 6.61 Å². The molecule has 0 spiro atoms. The van der Waals surface area contributed by atoms with E-state index in [0.29, 0.717) is 37.0 Å². The molecule has 0 fully saturated rings. The molecule has 0 aliphatic carbocycles. The summed E-state index contributed by atoms with van der Waals surface area (Å²) in [6, 6.07) is 12.8. The van der Waals surface area contributed by atoms with Crippen LogP contribution in [-0.4, -0.2) is 32.7 Å². The number of hydrogen-bond donors (Lipinski definition) is 1. The zero-order valence-corrected chi connectivity index (χ0v) is 20.5. The molecule has 2 aromatic carbocycles. The van der Waals surface area contributed by atoms with Crippen molar-refractivity contribution < 1.29 is 14.6 Å². The van der Waals surface area contributed by atoms with Crippen LogP contribution in [0.2, 0.25) is 0 Å². The van der Waals surface area contributed by atoms with Crippen LogP contribution in [0.5, 0.6) is 5.75 Å². The fraction of sp³-hybridized carbons (Fsp3) is 0.519. The lowest BCUT2D eigenvalue weighted by molar-refractivity contribution is -0.146. The van der Waals surface area contributed by atoms with E-state index >= 15 is 0 Å². The van der Waals surface area contributed by atoms with E-state index in [9.17, 15) is 9.90 Å². The number of phenols is 1. The van der Waals surface area contributed by atoms with E-state index in [4.69, 9.17) is 4.74 Å². The summed E-state index contributed by atoms with van der Waals surface area (Å²) >= 11 is 0. The van der Waals surface area contributed by atoms with Crippen molar-refractivity contribution in [3.63, 3.8) is 0 Å². The zero-order chi connectivity index (χ0) is 24.0. The number of esters is 1. The summed E-state index contributed by atoms with van der Waals surface area (Å²) in [5, 5.41) is 19.2. The van der Waals surface area contributed by atoms with Crippen molar-refractivity contribution in [1.82, 2.24) is 15.0 Å². The minimum atomic E-state index is -0.185. The van der Waals surface area contributed by atoms with Crippen LogP contribution < -0.4 is 0 Å². The minimum Gasteiger partial charge on any atom is -0.506 e. The maximum Gasteiger partial charge on any atom is 0.306 e. The monoisotopic (exact) mass is 451 g/mol. The van der Waals surface area contributed by atoms with Gasteiger partial charge >= 0.3 is 5.97 Å². The summed E-state index contributed by atoms with van der Waals surface area (Å²) in [5.41, 5.74) is 3.13. The molecule has 1 aromatic heterocycles. The highest BCUT2D eigenvalue weighted by Gasteiger charge is 2.31. The predicted molar refractivity (Wildman–Crippen MR) is 131 cm³/mol. The van der Waals surface area contributed by atoms with E-state index in [2.05, 4.69) is 44.8 Å². The van der Waals surface area contributed by atoms with Crippen molar-refractivity contribution in [2.75, 3.05) is 6.61 Å². The first kappa shape index (κ1) is 24.7. The van der Waals surface area contributed by atoms with Crippen molar-refractivity contribution in [3.05, 3.63) is 48.0 Å². The summed E-state index contributed by atoms with van der Waals surface area (Å²) in [5.74, 6) is 0.804. The number of aryl methyl sites for hydroxylation is 1. The number of carbonyl (C=O) groups excluding carboxylic acids is 1. The first-order valence-corrected chi connectivity index (χ1v) is 12.0. The van der Waals surface area contributed by atoms with E-state index in [-0.39, 0.29) is 17.1 Å². The van der Waals surface area contributed by atoms with E-state index in [1.807, 2.05) is 36.4 Å². The van der Waals surface area contributed by atoms with Gasteiger partial charge in [0.1, 0.15) is 22.5 Å². The molecule has 0 bridgehead atoms. The second kappa shape index (κ2) is 10.8. The molecular formula is C27H37N3O3. The first-order chi connectivity index (χ1) is 15.7. The van der Waals surface area contributed by atoms with Gasteiger partial charge in [-0.15, -0.1) is 15.0 Å². The van der Waals surface area contributed by atoms with Gasteiger partial charge in [0.25, 0.3) is 0 Å². The third-order valence-corrected chi connectivity index (χ3v) is 6.42. The zero-order valence-electron chi connectivity index (χ0n) is 20.5. The number of benzene rings is 2. The van der Waals surface area contributed by atoms with Crippen LogP contribution in [0.4, 0.5) is 0 Å². The van der Waals surface area contributed by atoms with Crippen molar-refractivity contribution in [1.29, 1.82) is 0 Å². The molecule has 178 valence electrons. The van der Waals surface area contributed by atoms with Crippen LogP contribution in [0.25, 0.3) is 16.7 Å². The van der Waals surface area contributed by atoms with Crippen LogP contribution in [0.15, 0.2) is 42.5 Å². The lowest BCUT2D eigenvalue weighted by atomic mass is 9.70. The fourth-order valence-corrected chi connectivity index (χ4v) is 4.58. The number of fused-ring (bicyclic) bond motifs is 1. The van der Waals surface area contributed by atoms with Gasteiger partial charge in [-0.3, -0.25) is 4.79 Å². The normalized spacial score (nSPS) is 13.7. The summed E-state index contributed by atoms with van der Waals surface area (Å²) in [6.45, 7) is 11.7.